The summed E-state index contributed by atoms with van der Waals surface area (Å²) in [6.07, 6.45) is -6.64. The zero-order valence-corrected chi connectivity index (χ0v) is 24.9. The van der Waals surface area contributed by atoms with Crippen LogP contribution >= 0.6 is 15.2 Å². The summed E-state index contributed by atoms with van der Waals surface area (Å²) in [6, 6.07) is 2.33. The van der Waals surface area contributed by atoms with Crippen molar-refractivity contribution in [3.05, 3.63) is 44.5 Å². The van der Waals surface area contributed by atoms with Gasteiger partial charge in [0.15, 0.2) is 34.8 Å². The van der Waals surface area contributed by atoms with E-state index in [2.05, 4.69) is 24.8 Å². The molecule has 1 aliphatic heterocycles. The molecule has 4 rings (SSSR count). The molecule has 3 aromatic rings. The molecular formula is C21H26N6O16P2. The third kappa shape index (κ3) is 7.82. The zero-order valence-electron chi connectivity index (χ0n) is 23.1. The van der Waals surface area contributed by atoms with E-state index in [-0.39, 0.29) is 28.2 Å². The molecule has 5 atom stereocenters. The predicted octanol–water partition coefficient (Wildman–Crippen LogP) is -0.250. The van der Waals surface area contributed by atoms with Crippen LogP contribution in [0.1, 0.15) is 11.8 Å². The highest BCUT2D eigenvalue weighted by Crippen LogP contribution is 2.55. The summed E-state index contributed by atoms with van der Waals surface area (Å²) in [5.41, 5.74) is -1.90. The Bertz CT molecular complexity index is 1760. The molecule has 1 unspecified atom stereocenters. The Labute approximate surface area is 250 Å². The topological polar surface area (TPSA) is 317 Å². The number of aromatic nitrogens is 4. The summed E-state index contributed by atoms with van der Waals surface area (Å²) < 4.78 is 49.4. The molecule has 1 fully saturated rings. The van der Waals surface area contributed by atoms with E-state index < -0.39 is 87.1 Å². The summed E-state index contributed by atoms with van der Waals surface area (Å²) in [6.45, 7) is -1.47. The molecule has 3 heterocycles. The highest BCUT2D eigenvalue weighted by Gasteiger charge is 2.45. The molecule has 24 heteroatoms. The number of rotatable bonds is 12. The van der Waals surface area contributed by atoms with Crippen LogP contribution in [0.15, 0.2) is 23.3 Å². The third-order valence-corrected chi connectivity index (χ3v) is 9.66. The minimum Gasteiger partial charge on any atom is -0.493 e. The number of carbonyl (C=O) groups excluding carboxylic acids is 1. The third-order valence-electron chi connectivity index (χ3n) is 6.21. The number of nitro groups is 1. The van der Waals surface area contributed by atoms with Crippen LogP contribution in [-0.4, -0.2) is 100 Å². The molecule has 45 heavy (non-hydrogen) atoms. The minimum atomic E-state index is -4.93. The second-order valence-corrected chi connectivity index (χ2v) is 13.3. The summed E-state index contributed by atoms with van der Waals surface area (Å²) in [4.78, 5) is 73.6. The van der Waals surface area contributed by atoms with Gasteiger partial charge in [-0.1, -0.05) is 0 Å². The number of H-pyrrole nitrogens is 1. The van der Waals surface area contributed by atoms with E-state index in [4.69, 9.17) is 28.7 Å². The Hall–Kier alpha value is -3.98. The summed E-state index contributed by atoms with van der Waals surface area (Å²) in [5, 5.41) is 34.6. The number of aliphatic hydroxyl groups is 2. The lowest BCUT2D eigenvalue weighted by atomic mass is 10.1. The number of hydrogen-bond donors (Lipinski definition) is 7. The number of nitro benzene ring substituents is 1. The number of ether oxygens (including phenoxy) is 4. The van der Waals surface area contributed by atoms with Crippen LogP contribution in [0.5, 0.6) is 11.5 Å². The maximum absolute atomic E-state index is 12.6. The van der Waals surface area contributed by atoms with Crippen molar-refractivity contribution in [2.45, 2.75) is 31.1 Å². The average molecular weight is 680 g/mol. The van der Waals surface area contributed by atoms with Crippen molar-refractivity contribution in [3.8, 4) is 11.5 Å². The van der Waals surface area contributed by atoms with Crippen LogP contribution in [0.25, 0.3) is 11.2 Å². The van der Waals surface area contributed by atoms with Gasteiger partial charge in [0.25, 0.3) is 11.2 Å². The Morgan fingerprint density at radius 1 is 1.18 bits per heavy atom. The first kappa shape index (κ1) is 33.9. The predicted molar refractivity (Wildman–Crippen MR) is 147 cm³/mol. The number of anilines is 1. The van der Waals surface area contributed by atoms with Gasteiger partial charge in [-0.05, 0) is 6.07 Å². The number of carbonyl (C=O) groups is 1. The van der Waals surface area contributed by atoms with Gasteiger partial charge < -0.3 is 48.4 Å². The number of benzene rings is 1. The second kappa shape index (κ2) is 13.2. The number of aromatic amines is 1. The lowest BCUT2D eigenvalue weighted by molar-refractivity contribution is -0.385. The van der Waals surface area contributed by atoms with Crippen LogP contribution in [-0.2, 0) is 29.7 Å². The number of fused-ring (bicyclic) bond motifs is 1. The Morgan fingerprint density at radius 3 is 2.47 bits per heavy atom. The SMILES string of the molecule is COc1cc(COC(=O)Nc2nc3c(ncn3[C@@H]3O[C@H](COP(=O)(O)CP(=O)(O)O)[C@@H](O)[C@H]3O)c(=O)[nH]2)c([N+](=O)[O-])cc1OC. The molecule has 1 amide bonds. The van der Waals surface area contributed by atoms with Crippen molar-refractivity contribution in [1.29, 1.82) is 0 Å². The number of amides is 1. The summed E-state index contributed by atoms with van der Waals surface area (Å²) in [7, 11) is -7.15. The number of imidazole rings is 1. The molecule has 1 aliphatic rings. The highest BCUT2D eigenvalue weighted by atomic mass is 31.2. The van der Waals surface area contributed by atoms with Crippen molar-refractivity contribution in [3.63, 3.8) is 0 Å². The van der Waals surface area contributed by atoms with Gasteiger partial charge in [-0.25, -0.2) is 9.78 Å². The van der Waals surface area contributed by atoms with E-state index in [1.807, 2.05) is 0 Å². The van der Waals surface area contributed by atoms with E-state index in [9.17, 15) is 43.9 Å². The fraction of sp³-hybridized carbons (Fsp3) is 0.429. The lowest BCUT2D eigenvalue weighted by Gasteiger charge is -2.18. The van der Waals surface area contributed by atoms with Gasteiger partial charge in [0, 0.05) is 0 Å². The van der Waals surface area contributed by atoms with Crippen molar-refractivity contribution in [2.24, 2.45) is 0 Å². The van der Waals surface area contributed by atoms with Gasteiger partial charge in [0.2, 0.25) is 5.95 Å². The van der Waals surface area contributed by atoms with Gasteiger partial charge in [-0.2, -0.15) is 4.98 Å². The summed E-state index contributed by atoms with van der Waals surface area (Å²) >= 11 is 0. The van der Waals surface area contributed by atoms with Crippen molar-refractivity contribution < 1.29 is 67.2 Å². The van der Waals surface area contributed by atoms with Gasteiger partial charge in [-0.3, -0.25) is 38.9 Å². The van der Waals surface area contributed by atoms with Crippen LogP contribution in [0, 0.1) is 10.1 Å². The van der Waals surface area contributed by atoms with Crippen LogP contribution in [0.4, 0.5) is 16.4 Å². The maximum atomic E-state index is 12.6. The molecule has 246 valence electrons. The molecule has 0 radical (unpaired) electrons. The van der Waals surface area contributed by atoms with Crippen LogP contribution < -0.4 is 20.3 Å². The van der Waals surface area contributed by atoms with E-state index >= 15 is 0 Å². The van der Waals surface area contributed by atoms with Crippen molar-refractivity contribution in [1.82, 2.24) is 19.5 Å². The van der Waals surface area contributed by atoms with Gasteiger partial charge in [0.05, 0.1) is 43.7 Å². The van der Waals surface area contributed by atoms with E-state index in [0.29, 0.717) is 0 Å². The Balaban J connectivity index is 1.50. The first-order valence-electron chi connectivity index (χ1n) is 12.4. The quantitative estimate of drug-likeness (QED) is 0.0736. The lowest BCUT2D eigenvalue weighted by Crippen LogP contribution is -2.33. The van der Waals surface area contributed by atoms with E-state index in [1.165, 1.54) is 20.3 Å². The fourth-order valence-corrected chi connectivity index (χ4v) is 6.77. The molecule has 2 aromatic heterocycles. The molecular weight excluding hydrogens is 654 g/mol. The smallest absolute Gasteiger partial charge is 0.414 e. The van der Waals surface area contributed by atoms with Crippen molar-refractivity contribution >= 4 is 44.1 Å². The molecule has 1 saturated heterocycles. The maximum Gasteiger partial charge on any atom is 0.414 e. The number of aliphatic hydroxyl groups excluding tert-OH is 2. The molecule has 0 saturated carbocycles. The van der Waals surface area contributed by atoms with Gasteiger partial charge in [-0.15, -0.1) is 0 Å². The standard InChI is InChI=1S/C21H26N6O16P2/c1-39-11-3-9(10(27(32)33)4-12(11)40-2)5-41-21(31)25-20-23-17-14(18(30)24-20)22-7-26(17)19-16(29)15(28)13(43-19)6-42-45(37,38)8-44(34,35)36/h3-4,7,13,15-16,19,28-29H,5-6,8H2,1-2H3,(H,37,38)(H2,34,35,36)(H2,23,24,25,30,31)/t13-,15-,16-,19-/m1/s1. The molecule has 0 bridgehead atoms. The molecule has 1 aromatic carbocycles. The Kier molecular flexibility index (Phi) is 9.92. The van der Waals surface area contributed by atoms with Crippen LogP contribution in [0.2, 0.25) is 0 Å². The first-order chi connectivity index (χ1) is 21.0. The van der Waals surface area contributed by atoms with Crippen molar-refractivity contribution in [2.75, 3.05) is 32.0 Å². The molecule has 0 spiro atoms. The number of methoxy groups -OCH3 is 2. The van der Waals surface area contributed by atoms with Gasteiger partial charge in [0.1, 0.15) is 24.9 Å². The Morgan fingerprint density at radius 2 is 1.84 bits per heavy atom. The number of nitrogens with one attached hydrogen (secondary N) is 2. The zero-order chi connectivity index (χ0) is 33.3. The molecule has 0 aliphatic carbocycles. The number of hydrogen-bond acceptors (Lipinski definition) is 15. The summed E-state index contributed by atoms with van der Waals surface area (Å²) in [5.74, 6) is -1.77. The highest BCUT2D eigenvalue weighted by molar-refractivity contribution is 7.70. The largest absolute Gasteiger partial charge is 0.493 e. The monoisotopic (exact) mass is 680 g/mol. The van der Waals surface area contributed by atoms with E-state index in [0.717, 1.165) is 17.0 Å². The fourth-order valence-electron chi connectivity index (χ4n) is 4.20. The van der Waals surface area contributed by atoms with E-state index in [1.54, 1.807) is 0 Å². The average Bonchev–Trinajstić information content (AvgIpc) is 3.49. The minimum absolute atomic E-state index is 0.0495. The second-order valence-electron chi connectivity index (χ2n) is 9.32. The first-order valence-corrected chi connectivity index (χ1v) is 15.9. The number of nitrogens with zero attached hydrogens (tertiary/aromatic N) is 4. The molecule has 22 nitrogen and oxygen atoms in total. The molecule has 7 N–H and O–H groups in total. The van der Waals surface area contributed by atoms with Gasteiger partial charge >= 0.3 is 21.3 Å². The normalized spacial score (nSPS) is 21.3. The van der Waals surface area contributed by atoms with Crippen LogP contribution in [0.3, 0.4) is 0 Å².